The molecule has 688 valence electrons. The molecule has 16 heteroatoms. The lowest BCUT2D eigenvalue weighted by molar-refractivity contribution is -0.206. The molecule has 10 heterocycles. The van der Waals surface area contributed by atoms with Gasteiger partial charge in [-0.15, -0.1) is 0 Å². The van der Waals surface area contributed by atoms with Crippen LogP contribution in [0.1, 0.15) is 290 Å². The van der Waals surface area contributed by atoms with Crippen LogP contribution in [-0.2, 0) is 115 Å². The van der Waals surface area contributed by atoms with Crippen LogP contribution < -0.4 is 0 Å². The third-order valence-electron chi connectivity index (χ3n) is 18.8. The van der Waals surface area contributed by atoms with E-state index in [0.29, 0.717) is 32.5 Å². The van der Waals surface area contributed by atoms with E-state index in [2.05, 4.69) is 312 Å². The molecule has 0 saturated carbocycles. The van der Waals surface area contributed by atoms with Crippen LogP contribution in [0.2, 0.25) is 0 Å². The highest BCUT2D eigenvalue weighted by molar-refractivity contribution is 8.77. The molecular weight excluding hydrogens is 1720 g/mol. The van der Waals surface area contributed by atoms with Crippen molar-refractivity contribution in [2.75, 3.05) is 0 Å². The van der Waals surface area contributed by atoms with Crippen LogP contribution in [0.5, 0.6) is 0 Å². The lowest BCUT2D eigenvalue weighted by atomic mass is 9.94. The van der Waals surface area contributed by atoms with E-state index in [1.807, 2.05) is 135 Å². The average molecular weight is 1870 g/mol. The molecule has 22 rings (SSSR count). The number of benzene rings is 12. The van der Waals surface area contributed by atoms with Crippen LogP contribution in [0.15, 0.2) is 194 Å². The summed E-state index contributed by atoms with van der Waals surface area (Å²) in [5.41, 5.74) is 19.8. The van der Waals surface area contributed by atoms with Crippen LogP contribution in [0, 0.1) is 32.5 Å². The van der Waals surface area contributed by atoms with E-state index in [0.717, 1.165) is 155 Å². The summed E-state index contributed by atoms with van der Waals surface area (Å²) in [6, 6.07) is 67.9. The summed E-state index contributed by atoms with van der Waals surface area (Å²) in [7, 11) is 14.8. The van der Waals surface area contributed by atoms with Crippen molar-refractivity contribution in [3.8, 4) is 0 Å². The first-order chi connectivity index (χ1) is 58.5. The molecule has 0 aliphatic carbocycles. The van der Waals surface area contributed by atoms with Crippen LogP contribution >= 0.6 is 86.4 Å². The smallest absolute Gasteiger partial charge is 0.190 e. The van der Waals surface area contributed by atoms with Crippen molar-refractivity contribution in [1.29, 1.82) is 0 Å². The monoisotopic (exact) mass is 1860 g/mol. The zero-order valence-electron chi connectivity index (χ0n) is 80.6. The summed E-state index contributed by atoms with van der Waals surface area (Å²) in [5.74, 6) is 0.665. The van der Waals surface area contributed by atoms with Crippen molar-refractivity contribution in [3.63, 3.8) is 0 Å². The summed E-state index contributed by atoms with van der Waals surface area (Å²) >= 11 is 0. The predicted octanol–water partition coefficient (Wildman–Crippen LogP) is 34.4. The molecule has 0 aromatic heterocycles. The standard InChI is InChI=1S/2C40H36O4S4.6C5H12.CH4/c1-39(41)36-13-5-9-32-27(7-3-11-34(32)36)23-47-46-22-26-16-29-15-25-17-30(19-43-39)38(29)31(18-26)20-44-40(2,42)37-14-6-10-33-28(24-48-45-21-25)8-4-12-35(33)37;1-39(41)36-10-4-6-28-14-25(12-13-34(28)36)21-45-46-22-26-15-30-16-27-18-31(19-43-39)38(30)32(17-26)20-44-40(2,42)37-11-5-8-33-29(24-48-47-23-27)7-3-9-35(33)37;6*1-5(2,3)4;/h2*3-18,41-42H,19-24H2,1-2H3;6*1-4H3;1H4. The molecule has 8 nitrogen and oxygen atoms in total. The van der Waals surface area contributed by atoms with Gasteiger partial charge in [0.15, 0.2) is 23.1 Å². The number of aliphatic hydroxyl groups is 4. The van der Waals surface area contributed by atoms with Gasteiger partial charge in [0.1, 0.15) is 0 Å². The summed E-state index contributed by atoms with van der Waals surface area (Å²) in [5, 5.41) is 60.5. The number of rotatable bonds is 0. The van der Waals surface area contributed by atoms with Gasteiger partial charge in [-0.05, 0) is 192 Å². The van der Waals surface area contributed by atoms with Crippen LogP contribution in [-0.4, -0.2) is 20.4 Å². The van der Waals surface area contributed by atoms with Crippen LogP contribution in [0.4, 0.5) is 0 Å². The molecule has 10 aliphatic rings. The Morgan fingerprint density at radius 3 is 0.685 bits per heavy atom. The quantitative estimate of drug-likeness (QED) is 0.108. The normalized spacial score (nSPS) is 19.6. The van der Waals surface area contributed by atoms with E-state index in [4.69, 9.17) is 18.9 Å². The van der Waals surface area contributed by atoms with Gasteiger partial charge in [0.2, 0.25) is 0 Å². The van der Waals surface area contributed by atoms with Crippen molar-refractivity contribution in [3.05, 3.63) is 283 Å². The molecule has 127 heavy (non-hydrogen) atoms. The second kappa shape index (κ2) is 45.6. The molecule has 0 spiro atoms. The van der Waals surface area contributed by atoms with Gasteiger partial charge in [-0.3, -0.25) is 0 Å². The molecule has 0 radical (unpaired) electrons. The fourth-order valence-corrected chi connectivity index (χ4v) is 22.6. The first-order valence-electron chi connectivity index (χ1n) is 44.1. The minimum absolute atomic E-state index is 0. The highest BCUT2D eigenvalue weighted by Crippen LogP contribution is 2.46. The van der Waals surface area contributed by atoms with Crippen molar-refractivity contribution in [2.45, 2.75) is 297 Å². The average Bonchev–Trinajstić information content (AvgIpc) is 1.17. The Kier molecular flexibility index (Phi) is 38.4. The Balaban J connectivity index is 0.000000237. The third kappa shape index (κ3) is 34.6. The summed E-state index contributed by atoms with van der Waals surface area (Å²) in [4.78, 5) is 0. The van der Waals surface area contributed by atoms with Gasteiger partial charge < -0.3 is 39.4 Å². The Morgan fingerprint density at radius 1 is 0.220 bits per heavy atom. The first-order valence-corrected chi connectivity index (χ1v) is 54.1. The molecule has 4 N–H and O–H groups in total. The van der Waals surface area contributed by atoms with Gasteiger partial charge >= 0.3 is 0 Å². The second-order valence-corrected chi connectivity index (χ2v) is 53.6. The molecule has 0 fully saturated rings. The van der Waals surface area contributed by atoms with E-state index >= 15 is 0 Å². The van der Waals surface area contributed by atoms with Gasteiger partial charge in [0, 0.05) is 68.3 Å². The molecule has 10 aliphatic heterocycles. The van der Waals surface area contributed by atoms with Gasteiger partial charge in [0.05, 0.1) is 26.4 Å². The lowest BCUT2D eigenvalue weighted by Crippen LogP contribution is -2.26. The Labute approximate surface area is 796 Å². The van der Waals surface area contributed by atoms with E-state index in [1.165, 1.54) is 44.5 Å². The Bertz CT molecular complexity index is 5350. The Hall–Kier alpha value is -5.32. The zero-order valence-corrected chi connectivity index (χ0v) is 87.2. The number of fused-ring (bicyclic) bond motifs is 15. The van der Waals surface area contributed by atoms with Crippen molar-refractivity contribution < 1.29 is 39.4 Å². The maximum absolute atomic E-state index is 11.9. The lowest BCUT2D eigenvalue weighted by Gasteiger charge is -2.28. The van der Waals surface area contributed by atoms with Gasteiger partial charge in [-0.1, -0.05) is 454 Å². The van der Waals surface area contributed by atoms with Crippen molar-refractivity contribution in [1.82, 2.24) is 0 Å². The van der Waals surface area contributed by atoms with E-state index in [1.54, 1.807) is 27.7 Å². The molecule has 12 aromatic rings. The maximum Gasteiger partial charge on any atom is 0.190 e. The fourth-order valence-electron chi connectivity index (χ4n) is 14.1. The number of hydrogen-bond donors (Lipinski definition) is 4. The molecular formula is C111H148O8S8. The summed E-state index contributed by atoms with van der Waals surface area (Å²) < 4.78 is 26.0. The predicted molar refractivity (Wildman–Crippen MR) is 569 cm³/mol. The fraction of sp³-hybridized carbons (Fsp3) is 0.459. The summed E-state index contributed by atoms with van der Waals surface area (Å²) in [6.45, 7) is 60.3. The molecule has 4 atom stereocenters. The third-order valence-corrected chi connectivity index (χ3v) is 27.8. The molecule has 0 saturated heterocycles. The van der Waals surface area contributed by atoms with E-state index < -0.39 is 23.1 Å². The zero-order chi connectivity index (χ0) is 92.8. The SMILES string of the molecule is C.CC(C)(C)C.CC(C)(C)C.CC(C)(C)C.CC(C)(C)C.CC(C)(C)C.CC(C)(C)C.CC1(O)OCc2cc3cc4cc(cc(c24)COC(C)(O)c2cccc4c(cccc24)CSSC3)CSSCc2ccc3c1cccc3c2.CC1(O)OCc2cc3cc4cc(cc(c24)COC(C)(O)c2cccc4c(cccc24)CSSC3)CSSCc2cccc3c1cccc23. The highest BCUT2D eigenvalue weighted by Gasteiger charge is 2.33. The van der Waals surface area contributed by atoms with E-state index in [9.17, 15) is 20.4 Å². The number of hydrogen-bond acceptors (Lipinski definition) is 16. The minimum atomic E-state index is -1.52. The molecule has 4 unspecified atom stereocenters. The Morgan fingerprint density at radius 2 is 0.425 bits per heavy atom. The maximum atomic E-state index is 11.9. The minimum Gasteiger partial charge on any atom is -0.362 e. The van der Waals surface area contributed by atoms with Crippen molar-refractivity contribution >= 4 is 151 Å². The molecule has 0 amide bonds. The molecule has 28 bridgehead atoms. The van der Waals surface area contributed by atoms with Crippen LogP contribution in [0.25, 0.3) is 64.6 Å². The van der Waals surface area contributed by atoms with Crippen LogP contribution in [0.3, 0.4) is 0 Å². The topological polar surface area (TPSA) is 118 Å². The summed E-state index contributed by atoms with van der Waals surface area (Å²) in [6.07, 6.45) is 0. The first kappa shape index (κ1) is 107. The van der Waals surface area contributed by atoms with E-state index in [-0.39, 0.29) is 33.9 Å². The largest absolute Gasteiger partial charge is 0.362 e. The number of ether oxygens (including phenoxy) is 4. The van der Waals surface area contributed by atoms with Gasteiger partial charge in [0.25, 0.3) is 0 Å². The van der Waals surface area contributed by atoms with Crippen molar-refractivity contribution in [2.24, 2.45) is 32.5 Å². The second-order valence-electron chi connectivity index (χ2n) is 43.7. The highest BCUT2D eigenvalue weighted by atomic mass is 33.1. The van der Waals surface area contributed by atoms with Gasteiger partial charge in [-0.25, -0.2) is 0 Å². The van der Waals surface area contributed by atoms with Gasteiger partial charge in [-0.2, -0.15) is 0 Å². The molecule has 12 aromatic carbocycles.